The third-order valence-corrected chi connectivity index (χ3v) is 7.29. The Morgan fingerprint density at radius 1 is 1.09 bits per heavy atom. The molecule has 0 unspecified atom stereocenters. The SMILES string of the molecule is CC[C@H](C[C@H](O)[C@@H](N)CN1CC(=O)N(c2ccccc2Cl)CC1(C)C)C(=O)Nc1ccc(F)cc1.O=C(O)/C=C/C(=O)O. The summed E-state index contributed by atoms with van der Waals surface area (Å²) in [6.07, 6.45) is 0.868. The second-order valence-corrected chi connectivity index (χ2v) is 11.1. The van der Waals surface area contributed by atoms with E-state index in [2.05, 4.69) is 5.32 Å². The van der Waals surface area contributed by atoms with Crippen LogP contribution in [0.1, 0.15) is 33.6 Å². The molecule has 6 N–H and O–H groups in total. The Kier molecular flexibility index (Phi) is 13.3. The first-order valence-corrected chi connectivity index (χ1v) is 14.0. The molecular weight excluding hydrogens is 583 g/mol. The fraction of sp³-hybridized carbons (Fsp3) is 0.400. The van der Waals surface area contributed by atoms with Gasteiger partial charge in [-0.3, -0.25) is 14.5 Å². The van der Waals surface area contributed by atoms with Gasteiger partial charge in [-0.05, 0) is 63.1 Å². The number of amides is 2. The van der Waals surface area contributed by atoms with E-state index >= 15 is 0 Å². The predicted octanol–water partition coefficient (Wildman–Crippen LogP) is 3.36. The van der Waals surface area contributed by atoms with E-state index in [1.807, 2.05) is 43.9 Å². The molecular formula is C30H38ClFN4O7. The summed E-state index contributed by atoms with van der Waals surface area (Å²) in [5, 5.41) is 29.7. The first-order valence-electron chi connectivity index (χ1n) is 13.6. The van der Waals surface area contributed by atoms with Gasteiger partial charge in [0.2, 0.25) is 11.8 Å². The van der Waals surface area contributed by atoms with Crippen LogP contribution in [0, 0.1) is 11.7 Å². The van der Waals surface area contributed by atoms with Crippen LogP contribution in [0.2, 0.25) is 5.02 Å². The summed E-state index contributed by atoms with van der Waals surface area (Å²) in [5.41, 5.74) is 7.10. The number of anilines is 2. The van der Waals surface area contributed by atoms with Crippen LogP contribution < -0.4 is 16.0 Å². The zero-order valence-corrected chi connectivity index (χ0v) is 25.0. The van der Waals surface area contributed by atoms with Crippen LogP contribution in [0.5, 0.6) is 0 Å². The van der Waals surface area contributed by atoms with Crippen LogP contribution in [0.4, 0.5) is 15.8 Å². The van der Waals surface area contributed by atoms with Crippen molar-refractivity contribution in [1.82, 2.24) is 4.90 Å². The number of aliphatic hydroxyl groups is 1. The molecule has 1 heterocycles. The highest BCUT2D eigenvalue weighted by Crippen LogP contribution is 2.31. The molecule has 11 nitrogen and oxygen atoms in total. The standard InChI is InChI=1S/C26H34ClFN4O3.C4H4O4/c1-4-17(25(35)30-19-11-9-18(28)10-12-19)13-23(33)21(29)14-31-15-24(34)32(16-26(31,2)3)22-8-6-5-7-20(22)27;5-3(6)1-2-4(7)8/h5-12,17,21,23,33H,4,13-16,29H2,1-3H3,(H,30,35);1-2H,(H,5,6)(H,7,8)/b;2-1+/t17-,21+,23+;/m1./s1. The molecule has 0 radical (unpaired) electrons. The summed E-state index contributed by atoms with van der Waals surface area (Å²) in [6, 6.07) is 12.1. The summed E-state index contributed by atoms with van der Waals surface area (Å²) in [5.74, 6) is -3.71. The molecule has 2 amide bonds. The molecule has 1 fully saturated rings. The monoisotopic (exact) mass is 620 g/mol. The van der Waals surface area contributed by atoms with Crippen LogP contribution in [0.15, 0.2) is 60.7 Å². The van der Waals surface area contributed by atoms with Gasteiger partial charge in [-0.15, -0.1) is 0 Å². The third-order valence-electron chi connectivity index (χ3n) is 6.97. The van der Waals surface area contributed by atoms with E-state index in [-0.39, 0.29) is 30.6 Å². The number of carbonyl (C=O) groups excluding carboxylic acids is 2. The van der Waals surface area contributed by atoms with Gasteiger partial charge >= 0.3 is 11.9 Å². The predicted molar refractivity (Wildman–Crippen MR) is 161 cm³/mol. The summed E-state index contributed by atoms with van der Waals surface area (Å²) in [6.45, 7) is 6.77. The fourth-order valence-corrected chi connectivity index (χ4v) is 4.70. The van der Waals surface area contributed by atoms with Gasteiger partial charge in [0.1, 0.15) is 5.82 Å². The lowest BCUT2D eigenvalue weighted by molar-refractivity contribution is -0.134. The number of nitrogens with one attached hydrogen (secondary N) is 1. The van der Waals surface area contributed by atoms with Crippen LogP contribution in [-0.2, 0) is 19.2 Å². The maximum absolute atomic E-state index is 13.1. The third kappa shape index (κ3) is 11.1. The molecule has 234 valence electrons. The molecule has 0 saturated carbocycles. The molecule has 2 aromatic rings. The Labute approximate surface area is 254 Å². The van der Waals surface area contributed by atoms with Crippen LogP contribution >= 0.6 is 11.6 Å². The number of rotatable bonds is 11. The maximum atomic E-state index is 13.1. The second-order valence-electron chi connectivity index (χ2n) is 10.7. The Hall–Kier alpha value is -3.84. The largest absolute Gasteiger partial charge is 0.478 e. The minimum atomic E-state index is -1.26. The molecule has 0 bridgehead atoms. The van der Waals surface area contributed by atoms with Gasteiger partial charge in [-0.25, -0.2) is 14.0 Å². The van der Waals surface area contributed by atoms with Crippen molar-refractivity contribution in [2.24, 2.45) is 11.7 Å². The molecule has 43 heavy (non-hydrogen) atoms. The Morgan fingerprint density at radius 3 is 2.21 bits per heavy atom. The molecule has 13 heteroatoms. The molecule has 0 aromatic heterocycles. The smallest absolute Gasteiger partial charge is 0.328 e. The molecule has 0 aliphatic carbocycles. The lowest BCUT2D eigenvalue weighted by Crippen LogP contribution is -2.64. The highest BCUT2D eigenvalue weighted by molar-refractivity contribution is 6.33. The number of nitrogens with zero attached hydrogens (tertiary/aromatic N) is 2. The van der Waals surface area contributed by atoms with Crippen molar-refractivity contribution in [3.8, 4) is 0 Å². The number of carboxylic acids is 2. The van der Waals surface area contributed by atoms with Crippen molar-refractivity contribution < 1.29 is 38.9 Å². The second kappa shape index (κ2) is 16.1. The molecule has 1 saturated heterocycles. The average molecular weight is 621 g/mol. The van der Waals surface area contributed by atoms with E-state index in [0.717, 1.165) is 0 Å². The van der Waals surface area contributed by atoms with E-state index in [0.29, 0.717) is 48.1 Å². The summed E-state index contributed by atoms with van der Waals surface area (Å²) in [4.78, 5) is 48.4. The molecule has 1 aliphatic heterocycles. The van der Waals surface area contributed by atoms with E-state index in [9.17, 15) is 28.7 Å². The van der Waals surface area contributed by atoms with E-state index in [4.69, 9.17) is 27.5 Å². The number of piperazine rings is 1. The van der Waals surface area contributed by atoms with E-state index in [1.165, 1.54) is 24.3 Å². The van der Waals surface area contributed by atoms with Gasteiger partial charge in [0.15, 0.2) is 0 Å². The van der Waals surface area contributed by atoms with Crippen LogP contribution in [-0.4, -0.2) is 81.3 Å². The van der Waals surface area contributed by atoms with Crippen molar-refractivity contribution in [1.29, 1.82) is 0 Å². The quantitative estimate of drug-likeness (QED) is 0.236. The normalized spacial score (nSPS) is 17.0. The van der Waals surface area contributed by atoms with Crippen LogP contribution in [0.25, 0.3) is 0 Å². The number of carboxylic acid groups (broad SMARTS) is 2. The van der Waals surface area contributed by atoms with Gasteiger partial charge < -0.3 is 31.3 Å². The zero-order chi connectivity index (χ0) is 32.3. The number of hydrogen-bond donors (Lipinski definition) is 5. The molecule has 2 aromatic carbocycles. The Morgan fingerprint density at radius 2 is 1.67 bits per heavy atom. The van der Waals surface area contributed by atoms with Crippen LogP contribution in [0.3, 0.4) is 0 Å². The number of carbonyl (C=O) groups is 4. The van der Waals surface area contributed by atoms with E-state index < -0.39 is 35.5 Å². The lowest BCUT2D eigenvalue weighted by Gasteiger charge is -2.47. The number of hydrogen-bond acceptors (Lipinski definition) is 7. The Balaban J connectivity index is 0.000000708. The number of aliphatic carboxylic acids is 2. The molecule has 3 atom stereocenters. The molecule has 0 spiro atoms. The van der Waals surface area contributed by atoms with Crippen molar-refractivity contribution in [3.05, 3.63) is 71.5 Å². The summed E-state index contributed by atoms with van der Waals surface area (Å²) in [7, 11) is 0. The maximum Gasteiger partial charge on any atom is 0.328 e. The van der Waals surface area contributed by atoms with E-state index in [1.54, 1.807) is 11.0 Å². The molecule has 1 aliphatic rings. The van der Waals surface area contributed by atoms with Crippen molar-refractivity contribution in [2.75, 3.05) is 29.9 Å². The summed E-state index contributed by atoms with van der Waals surface area (Å²) >= 11 is 6.31. The Bertz CT molecular complexity index is 1290. The zero-order valence-electron chi connectivity index (χ0n) is 24.2. The fourth-order valence-electron chi connectivity index (χ4n) is 4.46. The molecule has 3 rings (SSSR count). The van der Waals surface area contributed by atoms with Gasteiger partial charge in [0, 0.05) is 48.4 Å². The minimum absolute atomic E-state index is 0.0933. The lowest BCUT2D eigenvalue weighted by atomic mass is 9.92. The highest BCUT2D eigenvalue weighted by atomic mass is 35.5. The topological polar surface area (TPSA) is 173 Å². The van der Waals surface area contributed by atoms with Gasteiger partial charge in [0.25, 0.3) is 0 Å². The van der Waals surface area contributed by atoms with Gasteiger partial charge in [-0.2, -0.15) is 0 Å². The summed E-state index contributed by atoms with van der Waals surface area (Å²) < 4.78 is 13.1. The highest BCUT2D eigenvalue weighted by Gasteiger charge is 2.40. The first kappa shape index (κ1) is 35.4. The van der Waals surface area contributed by atoms with Gasteiger partial charge in [-0.1, -0.05) is 30.7 Å². The van der Waals surface area contributed by atoms with Crippen molar-refractivity contribution >= 4 is 46.7 Å². The van der Waals surface area contributed by atoms with Gasteiger partial charge in [0.05, 0.1) is 23.4 Å². The first-order chi connectivity index (χ1) is 20.1. The average Bonchev–Trinajstić information content (AvgIpc) is 2.94. The minimum Gasteiger partial charge on any atom is -0.478 e. The van der Waals surface area contributed by atoms with Crippen molar-refractivity contribution in [2.45, 2.75) is 51.3 Å². The number of benzene rings is 2. The number of para-hydroxylation sites is 1. The number of aliphatic hydroxyl groups excluding tert-OH is 1. The number of nitrogens with two attached hydrogens (primary N) is 1. The number of halogens is 2. The van der Waals surface area contributed by atoms with Crippen molar-refractivity contribution in [3.63, 3.8) is 0 Å².